The summed E-state index contributed by atoms with van der Waals surface area (Å²) in [7, 11) is -3.85. The number of unbranched alkanes of at least 4 members (excludes halogenated alkanes) is 1. The van der Waals surface area contributed by atoms with Gasteiger partial charge in [0.25, 0.3) is 0 Å². The predicted octanol–water partition coefficient (Wildman–Crippen LogP) is 2.35. The summed E-state index contributed by atoms with van der Waals surface area (Å²) < 4.78 is 40.3. The molecule has 0 aliphatic heterocycles. The molecule has 1 unspecified atom stereocenters. The summed E-state index contributed by atoms with van der Waals surface area (Å²) in [5.41, 5.74) is 6.22. The van der Waals surface area contributed by atoms with Crippen LogP contribution < -0.4 is 10.5 Å². The van der Waals surface area contributed by atoms with Crippen molar-refractivity contribution < 1.29 is 12.8 Å². The van der Waals surface area contributed by atoms with Gasteiger partial charge >= 0.3 is 0 Å². The Morgan fingerprint density at radius 3 is 2.55 bits per heavy atom. The van der Waals surface area contributed by atoms with Crippen LogP contribution in [-0.4, -0.2) is 21.0 Å². The summed E-state index contributed by atoms with van der Waals surface area (Å²) in [5.74, 6) is -0.737. The van der Waals surface area contributed by atoms with Gasteiger partial charge in [-0.05, 0) is 31.0 Å². The molecule has 0 aromatic heterocycles. The quantitative estimate of drug-likeness (QED) is 0.808. The zero-order valence-electron chi connectivity index (χ0n) is 11.7. The van der Waals surface area contributed by atoms with Crippen LogP contribution in [0.15, 0.2) is 23.1 Å². The van der Waals surface area contributed by atoms with Crippen LogP contribution in [0.5, 0.6) is 0 Å². The predicted molar refractivity (Wildman–Crippen MR) is 81.1 cm³/mol. The van der Waals surface area contributed by atoms with Gasteiger partial charge in [-0.1, -0.05) is 25.8 Å². The minimum absolute atomic E-state index is 0. The third kappa shape index (κ3) is 5.36. The molecule has 0 amide bonds. The van der Waals surface area contributed by atoms with Gasteiger partial charge in [0.15, 0.2) is 0 Å². The maximum atomic E-state index is 13.7. The maximum Gasteiger partial charge on any atom is 0.243 e. The average molecular weight is 325 g/mol. The second-order valence-electron chi connectivity index (χ2n) is 4.63. The van der Waals surface area contributed by atoms with Gasteiger partial charge in [0.05, 0.1) is 0 Å². The Morgan fingerprint density at radius 1 is 1.40 bits per heavy atom. The molecule has 1 atom stereocenters. The van der Waals surface area contributed by atoms with E-state index >= 15 is 0 Å². The van der Waals surface area contributed by atoms with E-state index in [1.54, 1.807) is 13.0 Å². The first kappa shape index (κ1) is 19.3. The highest BCUT2D eigenvalue weighted by atomic mass is 35.5. The van der Waals surface area contributed by atoms with Gasteiger partial charge in [0, 0.05) is 12.6 Å². The number of rotatable bonds is 7. The number of nitrogens with one attached hydrogen (secondary N) is 1. The topological polar surface area (TPSA) is 72.2 Å². The van der Waals surface area contributed by atoms with Crippen molar-refractivity contribution in [3.05, 3.63) is 29.6 Å². The normalized spacial score (nSPS) is 12.8. The van der Waals surface area contributed by atoms with E-state index in [1.165, 1.54) is 12.1 Å². The molecule has 1 rings (SSSR count). The van der Waals surface area contributed by atoms with Crippen LogP contribution in [0.4, 0.5) is 4.39 Å². The molecule has 0 heterocycles. The Bertz CT molecular complexity index is 523. The summed E-state index contributed by atoms with van der Waals surface area (Å²) in [5, 5.41) is 0. The van der Waals surface area contributed by atoms with Crippen molar-refractivity contribution in [2.24, 2.45) is 5.73 Å². The molecule has 0 saturated carbocycles. The lowest BCUT2D eigenvalue weighted by Gasteiger charge is -2.17. The van der Waals surface area contributed by atoms with E-state index in [9.17, 15) is 12.8 Å². The van der Waals surface area contributed by atoms with Crippen LogP contribution in [0.25, 0.3) is 0 Å². The van der Waals surface area contributed by atoms with Crippen LogP contribution >= 0.6 is 12.4 Å². The van der Waals surface area contributed by atoms with Crippen molar-refractivity contribution in [3.63, 3.8) is 0 Å². The largest absolute Gasteiger partial charge is 0.329 e. The molecule has 0 bridgehead atoms. The molecule has 0 aliphatic rings. The molecule has 1 aromatic rings. The minimum atomic E-state index is -3.85. The van der Waals surface area contributed by atoms with Gasteiger partial charge in [0.1, 0.15) is 10.7 Å². The molecular weight excluding hydrogens is 303 g/mol. The minimum Gasteiger partial charge on any atom is -0.329 e. The van der Waals surface area contributed by atoms with E-state index in [0.29, 0.717) is 12.0 Å². The Morgan fingerprint density at radius 2 is 2.05 bits per heavy atom. The molecule has 1 aromatic carbocycles. The third-order valence-electron chi connectivity index (χ3n) is 2.89. The number of benzene rings is 1. The molecule has 116 valence electrons. The van der Waals surface area contributed by atoms with Crippen molar-refractivity contribution in [2.75, 3.05) is 6.54 Å². The van der Waals surface area contributed by atoms with E-state index in [0.717, 1.165) is 12.8 Å². The van der Waals surface area contributed by atoms with Crippen LogP contribution in [0, 0.1) is 12.7 Å². The Hall–Kier alpha value is -0.690. The van der Waals surface area contributed by atoms with Crippen molar-refractivity contribution in [2.45, 2.75) is 44.0 Å². The van der Waals surface area contributed by atoms with Gasteiger partial charge in [-0.15, -0.1) is 12.4 Å². The highest BCUT2D eigenvalue weighted by Crippen LogP contribution is 2.16. The number of hydrogen-bond donors (Lipinski definition) is 2. The molecule has 0 spiro atoms. The van der Waals surface area contributed by atoms with E-state index < -0.39 is 15.8 Å². The van der Waals surface area contributed by atoms with E-state index in [4.69, 9.17) is 5.73 Å². The van der Waals surface area contributed by atoms with E-state index in [2.05, 4.69) is 4.72 Å². The van der Waals surface area contributed by atoms with Gasteiger partial charge in [-0.25, -0.2) is 17.5 Å². The van der Waals surface area contributed by atoms with Gasteiger partial charge in [-0.2, -0.15) is 0 Å². The van der Waals surface area contributed by atoms with Crippen LogP contribution in [0.2, 0.25) is 0 Å². The first-order valence-corrected chi connectivity index (χ1v) is 7.87. The number of aryl methyl sites for hydroxylation is 1. The maximum absolute atomic E-state index is 13.7. The molecule has 0 saturated heterocycles. The number of hydrogen-bond acceptors (Lipinski definition) is 3. The molecular formula is C13H22ClFN2O2S. The Labute approximate surface area is 126 Å². The number of nitrogens with two attached hydrogens (primary N) is 1. The average Bonchev–Trinajstić information content (AvgIpc) is 2.33. The first-order chi connectivity index (χ1) is 8.90. The lowest BCUT2D eigenvalue weighted by atomic mass is 10.1. The van der Waals surface area contributed by atoms with Gasteiger partial charge < -0.3 is 5.73 Å². The summed E-state index contributed by atoms with van der Waals surface area (Å²) in [4.78, 5) is -0.326. The van der Waals surface area contributed by atoms with Crippen molar-refractivity contribution in [3.8, 4) is 0 Å². The fourth-order valence-corrected chi connectivity index (χ4v) is 3.12. The molecule has 3 N–H and O–H groups in total. The Kier molecular flexibility index (Phi) is 8.27. The van der Waals surface area contributed by atoms with Crippen molar-refractivity contribution in [1.29, 1.82) is 0 Å². The second-order valence-corrected chi connectivity index (χ2v) is 6.31. The highest BCUT2D eigenvalue weighted by Gasteiger charge is 2.22. The highest BCUT2D eigenvalue weighted by molar-refractivity contribution is 7.89. The smallest absolute Gasteiger partial charge is 0.243 e. The number of sulfonamides is 1. The zero-order valence-corrected chi connectivity index (χ0v) is 13.4. The fraction of sp³-hybridized carbons (Fsp3) is 0.538. The Balaban J connectivity index is 0.00000361. The van der Waals surface area contributed by atoms with Gasteiger partial charge in [-0.3, -0.25) is 0 Å². The molecule has 0 aliphatic carbocycles. The first-order valence-electron chi connectivity index (χ1n) is 6.39. The molecule has 0 radical (unpaired) electrons. The lowest BCUT2D eigenvalue weighted by Crippen LogP contribution is -2.40. The van der Waals surface area contributed by atoms with Crippen LogP contribution in [0.1, 0.15) is 31.7 Å². The standard InChI is InChI=1S/C13H21FN2O2S.ClH/c1-3-4-5-11(9-15)16-19(17,18)13-7-6-10(2)8-12(13)14;/h6-8,11,16H,3-5,9,15H2,1-2H3;1H. The zero-order chi connectivity index (χ0) is 14.5. The van der Waals surface area contributed by atoms with Gasteiger partial charge in [0.2, 0.25) is 10.0 Å². The summed E-state index contributed by atoms with van der Waals surface area (Å²) in [6.45, 7) is 3.92. The van der Waals surface area contributed by atoms with Crippen LogP contribution in [0.3, 0.4) is 0 Å². The molecule has 20 heavy (non-hydrogen) atoms. The molecule has 0 fully saturated rings. The summed E-state index contributed by atoms with van der Waals surface area (Å²) in [6.07, 6.45) is 2.48. The number of halogens is 2. The second kappa shape index (κ2) is 8.56. The fourth-order valence-electron chi connectivity index (χ4n) is 1.78. The SMILES string of the molecule is CCCCC(CN)NS(=O)(=O)c1ccc(C)cc1F.Cl. The summed E-state index contributed by atoms with van der Waals surface area (Å²) in [6, 6.07) is 3.70. The summed E-state index contributed by atoms with van der Waals surface area (Å²) >= 11 is 0. The third-order valence-corrected chi connectivity index (χ3v) is 4.44. The van der Waals surface area contributed by atoms with E-state index in [-0.39, 0.29) is 29.9 Å². The van der Waals surface area contributed by atoms with Crippen LogP contribution in [-0.2, 0) is 10.0 Å². The van der Waals surface area contributed by atoms with Crippen molar-refractivity contribution in [1.82, 2.24) is 4.72 Å². The molecule has 4 nitrogen and oxygen atoms in total. The van der Waals surface area contributed by atoms with Crippen molar-refractivity contribution >= 4 is 22.4 Å². The molecule has 7 heteroatoms. The lowest BCUT2D eigenvalue weighted by molar-refractivity contribution is 0.509. The monoisotopic (exact) mass is 324 g/mol. The van der Waals surface area contributed by atoms with E-state index in [1.807, 2.05) is 6.92 Å².